The number of rotatable bonds is 9. The predicted octanol–water partition coefficient (Wildman–Crippen LogP) is 9.65. The molecule has 4 N–H and O–H groups in total. The monoisotopic (exact) mass is 660 g/mol. The lowest BCUT2D eigenvalue weighted by atomic mass is 10.0. The fourth-order valence-corrected chi connectivity index (χ4v) is 4.78. The highest BCUT2D eigenvalue weighted by atomic mass is 35.5. The van der Waals surface area contributed by atoms with Crippen LogP contribution < -0.4 is 15.8 Å². The first-order chi connectivity index (χ1) is 22.4. The van der Waals surface area contributed by atoms with Gasteiger partial charge in [-0.1, -0.05) is 84.4 Å². The van der Waals surface area contributed by atoms with Crippen LogP contribution >= 0.6 is 11.6 Å². The van der Waals surface area contributed by atoms with Gasteiger partial charge < -0.3 is 20.9 Å². The Bertz CT molecular complexity index is 1830. The number of hydrogen-bond acceptors (Lipinski definition) is 4. The predicted molar refractivity (Wildman–Crippen MR) is 179 cm³/mol. The molecular weight excluding hydrogens is 629 g/mol. The van der Waals surface area contributed by atoms with Gasteiger partial charge in [0.2, 0.25) is 0 Å². The van der Waals surface area contributed by atoms with Crippen molar-refractivity contribution in [2.45, 2.75) is 32.4 Å². The van der Waals surface area contributed by atoms with E-state index in [1.54, 1.807) is 0 Å². The van der Waals surface area contributed by atoms with E-state index in [0.29, 0.717) is 11.4 Å². The first-order valence-corrected chi connectivity index (χ1v) is 14.9. The van der Waals surface area contributed by atoms with Crippen LogP contribution in [-0.4, -0.2) is 23.2 Å². The number of carboxylic acids is 1. The van der Waals surface area contributed by atoms with Crippen molar-refractivity contribution in [3.05, 3.63) is 148 Å². The number of benzene rings is 4. The molecule has 6 nitrogen and oxygen atoms in total. The summed E-state index contributed by atoms with van der Waals surface area (Å²) in [4.78, 5) is 22.1. The number of nitrogens with two attached hydrogens (primary N) is 1. The van der Waals surface area contributed by atoms with Crippen LogP contribution in [0.5, 0.6) is 11.5 Å². The van der Waals surface area contributed by atoms with Crippen LogP contribution in [0.4, 0.5) is 18.9 Å². The molecule has 1 amide bonds. The van der Waals surface area contributed by atoms with Crippen LogP contribution in [0.3, 0.4) is 0 Å². The van der Waals surface area contributed by atoms with E-state index in [0.717, 1.165) is 39.8 Å². The lowest BCUT2D eigenvalue weighted by Crippen LogP contribution is -2.15. The average molecular weight is 661 g/mol. The molecule has 0 bridgehead atoms. The van der Waals surface area contributed by atoms with Gasteiger partial charge in [-0.15, -0.1) is 0 Å². The Labute approximate surface area is 275 Å². The summed E-state index contributed by atoms with van der Waals surface area (Å²) in [7, 11) is 0. The second kappa shape index (κ2) is 15.8. The Hall–Kier alpha value is -5.28. The maximum absolute atomic E-state index is 12.8. The summed E-state index contributed by atoms with van der Waals surface area (Å²) in [6.07, 6.45) is 1.46. The number of carboxylic acid groups (broad SMARTS) is 1. The van der Waals surface area contributed by atoms with Gasteiger partial charge >= 0.3 is 12.1 Å². The zero-order valence-corrected chi connectivity index (χ0v) is 26.1. The van der Waals surface area contributed by atoms with Crippen molar-refractivity contribution in [2.75, 3.05) is 5.32 Å². The van der Waals surface area contributed by atoms with Crippen molar-refractivity contribution >= 4 is 29.2 Å². The molecule has 4 aromatic rings. The molecule has 0 unspecified atom stereocenters. The van der Waals surface area contributed by atoms with E-state index in [1.807, 2.05) is 79.7 Å². The average Bonchev–Trinajstić information content (AvgIpc) is 3.29. The molecule has 4 aromatic carbocycles. The van der Waals surface area contributed by atoms with Gasteiger partial charge in [0.1, 0.15) is 11.5 Å². The highest BCUT2D eigenvalue weighted by molar-refractivity contribution is 6.31. The quantitative estimate of drug-likeness (QED) is 0.166. The van der Waals surface area contributed by atoms with Crippen molar-refractivity contribution in [1.82, 2.24) is 0 Å². The molecule has 1 aliphatic rings. The first kappa shape index (κ1) is 34.6. The minimum absolute atomic E-state index is 0.101. The molecule has 0 fully saturated rings. The van der Waals surface area contributed by atoms with Gasteiger partial charge in [-0.05, 0) is 78.9 Å². The third kappa shape index (κ3) is 10.1. The maximum Gasteiger partial charge on any atom is 0.413 e. The topological polar surface area (TPSA) is 102 Å². The Kier molecular flexibility index (Phi) is 11.6. The number of hydrogen-bond donors (Lipinski definition) is 3. The molecular formula is C37H32ClF3N2O4. The normalized spacial score (nSPS) is 12.5. The number of alkyl halides is 3. The summed E-state index contributed by atoms with van der Waals surface area (Å²) in [5.41, 5.74) is 9.31. The number of allylic oxidation sites excluding steroid dienone is 5. The van der Waals surface area contributed by atoms with Crippen molar-refractivity contribution in [3.8, 4) is 22.6 Å². The van der Waals surface area contributed by atoms with Gasteiger partial charge in [0.05, 0.1) is 11.3 Å². The fourth-order valence-electron chi connectivity index (χ4n) is 4.61. The number of carbonyl (C=O) groups is 2. The van der Waals surface area contributed by atoms with E-state index in [4.69, 9.17) is 27.2 Å². The third-order valence-corrected chi connectivity index (χ3v) is 7.30. The smallest absolute Gasteiger partial charge is 0.413 e. The number of anilines is 1. The molecule has 0 aromatic heterocycles. The molecule has 0 spiro atoms. The summed E-state index contributed by atoms with van der Waals surface area (Å²) < 4.78 is 44.7. The number of ether oxygens (including phenoxy) is 1. The molecule has 0 saturated carbocycles. The van der Waals surface area contributed by atoms with E-state index in [1.165, 1.54) is 36.4 Å². The number of aliphatic carboxylic acids is 1. The first-order valence-electron chi connectivity index (χ1n) is 14.6. The van der Waals surface area contributed by atoms with Gasteiger partial charge in [0, 0.05) is 28.3 Å². The lowest BCUT2D eigenvalue weighted by molar-refractivity contribution is -0.136. The minimum Gasteiger partial charge on any atom is -0.481 e. The van der Waals surface area contributed by atoms with Crippen molar-refractivity contribution in [3.63, 3.8) is 0 Å². The third-order valence-electron chi connectivity index (χ3n) is 7.06. The summed E-state index contributed by atoms with van der Waals surface area (Å²) in [6.45, 7) is 2.02. The number of para-hydroxylation sites is 2. The summed E-state index contributed by atoms with van der Waals surface area (Å²) >= 11 is 5.79. The number of aryl methyl sites for hydroxylation is 2. The Balaban J connectivity index is 0.000000215. The fraction of sp³-hybridized carbons (Fsp3) is 0.135. The number of halogens is 4. The Morgan fingerprint density at radius 2 is 1.64 bits per heavy atom. The van der Waals surface area contributed by atoms with Gasteiger partial charge in [0.25, 0.3) is 5.91 Å². The van der Waals surface area contributed by atoms with Gasteiger partial charge in [-0.3, -0.25) is 9.59 Å². The van der Waals surface area contributed by atoms with Crippen LogP contribution in [0.2, 0.25) is 5.02 Å². The van der Waals surface area contributed by atoms with Gasteiger partial charge in [-0.25, -0.2) is 0 Å². The summed E-state index contributed by atoms with van der Waals surface area (Å²) in [5, 5.41) is 11.9. The molecule has 242 valence electrons. The number of carbonyl (C=O) groups excluding carboxylic acids is 1. The Morgan fingerprint density at radius 3 is 2.30 bits per heavy atom. The summed E-state index contributed by atoms with van der Waals surface area (Å²) in [6, 6.07) is 28.2. The van der Waals surface area contributed by atoms with Crippen LogP contribution in [0.15, 0.2) is 127 Å². The minimum atomic E-state index is -4.41. The molecule has 0 saturated heterocycles. The zero-order chi connectivity index (χ0) is 34.0. The van der Waals surface area contributed by atoms with Crippen LogP contribution in [0.25, 0.3) is 11.1 Å². The van der Waals surface area contributed by atoms with Crippen LogP contribution in [0, 0.1) is 6.92 Å². The van der Waals surface area contributed by atoms with Crippen molar-refractivity contribution in [1.29, 1.82) is 0 Å². The van der Waals surface area contributed by atoms with Crippen LogP contribution in [0.1, 0.15) is 34.3 Å². The van der Waals surface area contributed by atoms with Crippen molar-refractivity contribution in [2.24, 2.45) is 5.73 Å². The highest BCUT2D eigenvalue weighted by Gasteiger charge is 2.33. The lowest BCUT2D eigenvalue weighted by Gasteiger charge is -2.13. The maximum atomic E-state index is 12.8. The van der Waals surface area contributed by atoms with Crippen molar-refractivity contribution < 1.29 is 32.6 Å². The molecule has 5 rings (SSSR count). The molecule has 1 aliphatic carbocycles. The van der Waals surface area contributed by atoms with E-state index >= 15 is 0 Å². The molecule has 0 atom stereocenters. The van der Waals surface area contributed by atoms with E-state index in [-0.39, 0.29) is 29.8 Å². The van der Waals surface area contributed by atoms with Gasteiger partial charge in [-0.2, -0.15) is 13.2 Å². The summed E-state index contributed by atoms with van der Waals surface area (Å²) in [5.74, 6) is 0.138. The van der Waals surface area contributed by atoms with E-state index < -0.39 is 23.6 Å². The zero-order valence-electron chi connectivity index (χ0n) is 25.4. The molecule has 0 aliphatic heterocycles. The van der Waals surface area contributed by atoms with Crippen LogP contribution in [-0.2, 0) is 11.2 Å². The molecule has 0 heterocycles. The second-order valence-corrected chi connectivity index (χ2v) is 11.0. The molecule has 47 heavy (non-hydrogen) atoms. The van der Waals surface area contributed by atoms with Gasteiger partial charge in [0.15, 0.2) is 0 Å². The number of amides is 1. The van der Waals surface area contributed by atoms with E-state index in [2.05, 4.69) is 5.32 Å². The standard InChI is InChI=1S/C22H20O3.C15H12ClF3N2O/c1-16-6-2-4-8-20(16)25-21-9-5-3-7-19(21)18-13-10-17(11-14-18)12-15-22(23)24;16-10-5-6-13(12(8-10)14(20)22)21-11-4-2-1-3-9(7-11)15(17,18)19/h2-11,13-14H,12,15H2,1H3,(H,23,24);1-2,4-8,21H,3H2,(H2,20,22). The second-order valence-electron chi connectivity index (χ2n) is 10.6. The van der Waals surface area contributed by atoms with E-state index in [9.17, 15) is 22.8 Å². The highest BCUT2D eigenvalue weighted by Crippen LogP contribution is 2.35. The SMILES string of the molecule is Cc1ccccc1Oc1ccccc1-c1ccc(CCC(=O)O)cc1.NC(=O)c1cc(Cl)ccc1NC1=CC=CCC(C(F)(F)F)=C1. The number of nitrogens with one attached hydrogen (secondary N) is 1. The Morgan fingerprint density at radius 1 is 0.957 bits per heavy atom. The molecule has 0 radical (unpaired) electrons. The molecule has 10 heteroatoms. The number of primary amides is 1. The largest absolute Gasteiger partial charge is 0.481 e.